The van der Waals surface area contributed by atoms with E-state index in [1.54, 1.807) is 11.9 Å². The second-order valence-corrected chi connectivity index (χ2v) is 8.53. The van der Waals surface area contributed by atoms with Gasteiger partial charge in [-0.1, -0.05) is 78.5 Å². The monoisotopic (exact) mass is 428 g/mol. The van der Waals surface area contributed by atoms with Gasteiger partial charge in [0.1, 0.15) is 5.82 Å². The van der Waals surface area contributed by atoms with Crippen molar-refractivity contribution in [3.8, 4) is 5.69 Å². The van der Waals surface area contributed by atoms with Crippen LogP contribution in [0.4, 0.5) is 5.69 Å². The van der Waals surface area contributed by atoms with Crippen molar-refractivity contribution in [3.63, 3.8) is 0 Å². The molecule has 156 valence electrons. The Kier molecular flexibility index (Phi) is 6.48. The summed E-state index contributed by atoms with van der Waals surface area (Å²) in [5, 5.41) is 9.31. The summed E-state index contributed by atoms with van der Waals surface area (Å²) in [5.41, 5.74) is 3.02. The quantitative estimate of drug-likeness (QED) is 0.389. The largest absolute Gasteiger partial charge is 0.315 e. The fourth-order valence-corrected chi connectivity index (χ4v) is 4.35. The molecular formula is C25H24N4OS. The number of carbonyl (C=O) groups excluding carboxylic acids is 1. The lowest BCUT2D eigenvalue weighted by molar-refractivity contribution is -0.117. The Morgan fingerprint density at radius 1 is 0.903 bits per heavy atom. The molecule has 0 aliphatic rings. The van der Waals surface area contributed by atoms with Crippen LogP contribution in [0.3, 0.4) is 0 Å². The van der Waals surface area contributed by atoms with Crippen LogP contribution in [0.1, 0.15) is 18.3 Å². The number of amides is 1. The zero-order valence-electron chi connectivity index (χ0n) is 17.6. The molecule has 0 bridgehead atoms. The number of hydrogen-bond acceptors (Lipinski definition) is 4. The number of rotatable bonds is 7. The molecule has 0 radical (unpaired) electrons. The van der Waals surface area contributed by atoms with Gasteiger partial charge in [-0.25, -0.2) is 0 Å². The van der Waals surface area contributed by atoms with Crippen LogP contribution in [0.2, 0.25) is 0 Å². The number of nitrogens with zero attached hydrogens (tertiary/aromatic N) is 4. The SMILES string of the molecule is CC(Sc1nnc(Cc2ccccc2)n1-c1ccccc1)C(=O)N(C)c1ccccc1. The van der Waals surface area contributed by atoms with E-state index >= 15 is 0 Å². The first-order chi connectivity index (χ1) is 15.1. The molecule has 0 aliphatic heterocycles. The zero-order chi connectivity index (χ0) is 21.6. The van der Waals surface area contributed by atoms with Crippen molar-refractivity contribution in [2.24, 2.45) is 0 Å². The third kappa shape index (κ3) is 4.86. The van der Waals surface area contributed by atoms with Gasteiger partial charge in [0.2, 0.25) is 5.91 Å². The van der Waals surface area contributed by atoms with Crippen molar-refractivity contribution >= 4 is 23.4 Å². The molecule has 1 heterocycles. The lowest BCUT2D eigenvalue weighted by Gasteiger charge is -2.21. The predicted octanol–water partition coefficient (Wildman–Crippen LogP) is 5.00. The normalized spacial score (nSPS) is 11.8. The third-order valence-corrected chi connectivity index (χ3v) is 6.05. The van der Waals surface area contributed by atoms with Gasteiger partial charge in [-0.3, -0.25) is 9.36 Å². The lowest BCUT2D eigenvalue weighted by Crippen LogP contribution is -2.33. The van der Waals surface area contributed by atoms with Crippen LogP contribution in [0.15, 0.2) is 96.2 Å². The average Bonchev–Trinajstić information content (AvgIpc) is 3.21. The zero-order valence-corrected chi connectivity index (χ0v) is 18.4. The molecule has 0 saturated carbocycles. The molecule has 31 heavy (non-hydrogen) atoms. The van der Waals surface area contributed by atoms with E-state index in [9.17, 15) is 4.79 Å². The summed E-state index contributed by atoms with van der Waals surface area (Å²) in [6.07, 6.45) is 0.662. The number of thioether (sulfide) groups is 1. The number of para-hydroxylation sites is 2. The summed E-state index contributed by atoms with van der Waals surface area (Å²) in [6, 6.07) is 29.9. The van der Waals surface area contributed by atoms with Crippen LogP contribution < -0.4 is 4.90 Å². The Bertz CT molecular complexity index is 1130. The summed E-state index contributed by atoms with van der Waals surface area (Å²) in [5.74, 6) is 0.861. The van der Waals surface area contributed by atoms with Crippen molar-refractivity contribution in [2.75, 3.05) is 11.9 Å². The standard InChI is InChI=1S/C25H24N4OS/c1-19(24(30)28(2)21-14-8-4-9-15-21)31-25-27-26-23(18-20-12-6-3-7-13-20)29(25)22-16-10-5-11-17-22/h3-17,19H,18H2,1-2H3. The van der Waals surface area contributed by atoms with E-state index in [0.29, 0.717) is 11.6 Å². The van der Waals surface area contributed by atoms with E-state index in [4.69, 9.17) is 0 Å². The van der Waals surface area contributed by atoms with Gasteiger partial charge in [-0.15, -0.1) is 10.2 Å². The smallest absolute Gasteiger partial charge is 0.240 e. The van der Waals surface area contributed by atoms with Gasteiger partial charge < -0.3 is 4.90 Å². The summed E-state index contributed by atoms with van der Waals surface area (Å²) in [7, 11) is 1.80. The van der Waals surface area contributed by atoms with Crippen molar-refractivity contribution in [3.05, 3.63) is 102 Å². The Morgan fingerprint density at radius 3 is 2.13 bits per heavy atom. The number of carbonyl (C=O) groups is 1. The van der Waals surface area contributed by atoms with Gasteiger partial charge in [0.15, 0.2) is 5.16 Å². The molecule has 0 N–H and O–H groups in total. The highest BCUT2D eigenvalue weighted by Gasteiger charge is 2.24. The highest BCUT2D eigenvalue weighted by Crippen LogP contribution is 2.28. The van der Waals surface area contributed by atoms with Gasteiger partial charge in [0.25, 0.3) is 0 Å². The Labute approximate surface area is 186 Å². The van der Waals surface area contributed by atoms with Crippen molar-refractivity contribution in [1.29, 1.82) is 0 Å². The first-order valence-corrected chi connectivity index (χ1v) is 11.0. The molecule has 3 aromatic carbocycles. The van der Waals surface area contributed by atoms with Crippen molar-refractivity contribution in [2.45, 2.75) is 23.8 Å². The molecule has 6 heteroatoms. The fraction of sp³-hybridized carbons (Fsp3) is 0.160. The van der Waals surface area contributed by atoms with Crippen LogP contribution in [-0.2, 0) is 11.2 Å². The Hall–Kier alpha value is -3.38. The first-order valence-electron chi connectivity index (χ1n) is 10.2. The van der Waals surface area contributed by atoms with Crippen LogP contribution in [-0.4, -0.2) is 33.0 Å². The highest BCUT2D eigenvalue weighted by atomic mass is 32.2. The maximum absolute atomic E-state index is 13.0. The maximum Gasteiger partial charge on any atom is 0.240 e. The molecule has 1 atom stereocenters. The number of benzene rings is 3. The summed E-state index contributed by atoms with van der Waals surface area (Å²) in [6.45, 7) is 1.91. The fourth-order valence-electron chi connectivity index (χ4n) is 3.37. The van der Waals surface area contributed by atoms with Gasteiger partial charge in [0, 0.05) is 24.8 Å². The minimum absolute atomic E-state index is 0.0171. The topological polar surface area (TPSA) is 51.0 Å². The van der Waals surface area contributed by atoms with Crippen LogP contribution in [0.25, 0.3) is 5.69 Å². The second-order valence-electron chi connectivity index (χ2n) is 7.23. The highest BCUT2D eigenvalue weighted by molar-refractivity contribution is 8.00. The molecule has 1 aromatic heterocycles. The Balaban J connectivity index is 1.61. The molecular weight excluding hydrogens is 404 g/mol. The molecule has 0 saturated heterocycles. The molecule has 4 rings (SSSR count). The lowest BCUT2D eigenvalue weighted by atomic mass is 10.1. The van der Waals surface area contributed by atoms with E-state index < -0.39 is 0 Å². The Morgan fingerprint density at radius 2 is 1.48 bits per heavy atom. The average molecular weight is 429 g/mol. The third-order valence-electron chi connectivity index (χ3n) is 5.02. The molecule has 0 aliphatic carbocycles. The minimum atomic E-state index is -0.318. The van der Waals surface area contributed by atoms with E-state index in [-0.39, 0.29) is 11.2 Å². The molecule has 5 nitrogen and oxygen atoms in total. The van der Waals surface area contributed by atoms with Gasteiger partial charge in [-0.05, 0) is 36.8 Å². The molecule has 0 spiro atoms. The molecule has 1 amide bonds. The van der Waals surface area contributed by atoms with Gasteiger partial charge >= 0.3 is 0 Å². The van der Waals surface area contributed by atoms with Crippen molar-refractivity contribution in [1.82, 2.24) is 14.8 Å². The van der Waals surface area contributed by atoms with E-state index in [2.05, 4.69) is 22.3 Å². The van der Waals surface area contributed by atoms with E-state index in [0.717, 1.165) is 22.8 Å². The predicted molar refractivity (Wildman–Crippen MR) is 126 cm³/mol. The van der Waals surface area contributed by atoms with Crippen LogP contribution in [0, 0.1) is 0 Å². The number of aromatic nitrogens is 3. The van der Waals surface area contributed by atoms with E-state index in [1.807, 2.05) is 90.4 Å². The molecule has 0 fully saturated rings. The minimum Gasteiger partial charge on any atom is -0.315 e. The maximum atomic E-state index is 13.0. The second kappa shape index (κ2) is 9.62. The molecule has 1 unspecified atom stereocenters. The molecule has 4 aromatic rings. The van der Waals surface area contributed by atoms with Gasteiger partial charge in [0.05, 0.1) is 5.25 Å². The first kappa shape index (κ1) is 20.9. The summed E-state index contributed by atoms with van der Waals surface area (Å²) < 4.78 is 2.05. The van der Waals surface area contributed by atoms with Crippen LogP contribution in [0.5, 0.6) is 0 Å². The summed E-state index contributed by atoms with van der Waals surface area (Å²) >= 11 is 1.43. The van der Waals surface area contributed by atoms with Crippen molar-refractivity contribution < 1.29 is 4.79 Å². The number of hydrogen-bond donors (Lipinski definition) is 0. The van der Waals surface area contributed by atoms with Crippen LogP contribution >= 0.6 is 11.8 Å². The van der Waals surface area contributed by atoms with E-state index in [1.165, 1.54) is 11.8 Å². The number of anilines is 1. The summed E-state index contributed by atoms with van der Waals surface area (Å²) in [4.78, 5) is 14.7. The van der Waals surface area contributed by atoms with Gasteiger partial charge in [-0.2, -0.15) is 0 Å².